The maximum absolute atomic E-state index is 12.6. The Balaban J connectivity index is 1.92. The molecule has 0 atom stereocenters. The van der Waals surface area contributed by atoms with Crippen molar-refractivity contribution in [2.75, 3.05) is 19.1 Å². The van der Waals surface area contributed by atoms with Crippen molar-refractivity contribution < 1.29 is 31.9 Å². The van der Waals surface area contributed by atoms with Gasteiger partial charge in [0.15, 0.2) is 5.58 Å². The van der Waals surface area contributed by atoms with Crippen LogP contribution in [-0.4, -0.2) is 26.0 Å². The first-order valence-corrected chi connectivity index (χ1v) is 8.55. The number of hydrogen-bond donors (Lipinski definition) is 0. The minimum absolute atomic E-state index is 0.0599. The predicted molar refractivity (Wildman–Crippen MR) is 95.9 cm³/mol. The quantitative estimate of drug-likeness (QED) is 0.611. The molecule has 0 radical (unpaired) electrons. The first-order chi connectivity index (χ1) is 13.1. The Morgan fingerprint density at radius 3 is 2.36 bits per heavy atom. The van der Waals surface area contributed by atoms with Gasteiger partial charge in [0.2, 0.25) is 0 Å². The summed E-state index contributed by atoms with van der Waals surface area (Å²) in [6.45, 7) is 0. The van der Waals surface area contributed by atoms with Gasteiger partial charge in [0.25, 0.3) is 5.91 Å². The minimum atomic E-state index is -4.49. The highest BCUT2D eigenvalue weighted by molar-refractivity contribution is 7.22. The van der Waals surface area contributed by atoms with Crippen LogP contribution in [0, 0.1) is 0 Å². The zero-order valence-electron chi connectivity index (χ0n) is 14.5. The summed E-state index contributed by atoms with van der Waals surface area (Å²) in [6.07, 6.45) is -4.49. The van der Waals surface area contributed by atoms with Gasteiger partial charge < -0.3 is 14.1 Å². The van der Waals surface area contributed by atoms with E-state index in [0.29, 0.717) is 9.70 Å². The van der Waals surface area contributed by atoms with Gasteiger partial charge in [-0.05, 0) is 30.3 Å². The van der Waals surface area contributed by atoms with Crippen molar-refractivity contribution in [1.29, 1.82) is 0 Å². The Bertz CT molecular complexity index is 1110. The summed E-state index contributed by atoms with van der Waals surface area (Å²) in [7, 11) is 2.56. The van der Waals surface area contributed by atoms with Gasteiger partial charge in [-0.1, -0.05) is 0 Å². The molecule has 28 heavy (non-hydrogen) atoms. The topological polar surface area (TPSA) is 76.8 Å². The van der Waals surface area contributed by atoms with E-state index in [0.717, 1.165) is 42.7 Å². The third-order valence-corrected chi connectivity index (χ3v) is 5.05. The molecule has 146 valence electrons. The lowest BCUT2D eigenvalue weighted by Gasteiger charge is -2.15. The number of alkyl halides is 3. The number of amides is 1. The zero-order chi connectivity index (χ0) is 20.6. The molecule has 6 nitrogen and oxygen atoms in total. The van der Waals surface area contributed by atoms with Crippen LogP contribution >= 0.6 is 11.3 Å². The van der Waals surface area contributed by atoms with E-state index in [2.05, 4.69) is 4.74 Å². The number of benzene rings is 1. The van der Waals surface area contributed by atoms with E-state index in [9.17, 15) is 27.6 Å². The van der Waals surface area contributed by atoms with Crippen molar-refractivity contribution in [2.24, 2.45) is 0 Å². The zero-order valence-corrected chi connectivity index (χ0v) is 15.3. The Hall–Kier alpha value is -3.14. The molecule has 2 aromatic heterocycles. The fraction of sp³-hybridized carbons (Fsp3) is 0.167. The van der Waals surface area contributed by atoms with E-state index in [-0.39, 0.29) is 16.7 Å². The molecular formula is C18H12F3NO5S. The summed E-state index contributed by atoms with van der Waals surface area (Å²) in [5.74, 6) is -1.39. The first kappa shape index (κ1) is 19.6. The number of nitrogens with zero attached hydrogens (tertiary/aromatic N) is 1. The van der Waals surface area contributed by atoms with Crippen LogP contribution in [-0.2, 0) is 10.9 Å². The maximum Gasteiger partial charge on any atom is 0.416 e. The number of rotatable bonds is 3. The molecule has 0 spiro atoms. The molecule has 1 aromatic carbocycles. The van der Waals surface area contributed by atoms with Crippen LogP contribution in [0.3, 0.4) is 0 Å². The molecular weight excluding hydrogens is 399 g/mol. The van der Waals surface area contributed by atoms with Crippen molar-refractivity contribution >= 4 is 38.5 Å². The summed E-state index contributed by atoms with van der Waals surface area (Å²) >= 11 is 1.07. The fourth-order valence-electron chi connectivity index (χ4n) is 2.41. The van der Waals surface area contributed by atoms with Gasteiger partial charge in [-0.15, -0.1) is 11.3 Å². The SMILES string of the molecule is COC(=O)c1cc2sc(N(C)C(=O)c3ccc(C(F)(F)F)cc3)cc2oc1=O. The Morgan fingerprint density at radius 2 is 1.79 bits per heavy atom. The number of carbonyl (C=O) groups excluding carboxylic acids is 2. The molecule has 1 amide bonds. The van der Waals surface area contributed by atoms with Gasteiger partial charge in [-0.3, -0.25) is 4.79 Å². The van der Waals surface area contributed by atoms with Crippen LogP contribution in [0.15, 0.2) is 45.6 Å². The first-order valence-electron chi connectivity index (χ1n) is 7.73. The number of anilines is 1. The molecule has 3 aromatic rings. The average Bonchev–Trinajstić information content (AvgIpc) is 3.07. The second-order valence-corrected chi connectivity index (χ2v) is 6.75. The van der Waals surface area contributed by atoms with Crippen molar-refractivity contribution in [3.8, 4) is 0 Å². The molecule has 0 aliphatic rings. The molecule has 2 heterocycles. The molecule has 3 rings (SSSR count). The van der Waals surface area contributed by atoms with E-state index < -0.39 is 29.2 Å². The van der Waals surface area contributed by atoms with Crippen molar-refractivity contribution in [1.82, 2.24) is 0 Å². The summed E-state index contributed by atoms with van der Waals surface area (Å²) < 4.78 is 48.0. The van der Waals surface area contributed by atoms with Gasteiger partial charge in [0, 0.05) is 18.7 Å². The summed E-state index contributed by atoms with van der Waals surface area (Å²) in [5.41, 5.74) is -1.78. The minimum Gasteiger partial charge on any atom is -0.465 e. The Morgan fingerprint density at radius 1 is 1.14 bits per heavy atom. The van der Waals surface area contributed by atoms with Crippen molar-refractivity contribution in [3.63, 3.8) is 0 Å². The smallest absolute Gasteiger partial charge is 0.416 e. The lowest BCUT2D eigenvalue weighted by molar-refractivity contribution is -0.137. The van der Waals surface area contributed by atoms with E-state index in [1.165, 1.54) is 24.1 Å². The lowest BCUT2D eigenvalue weighted by Crippen LogP contribution is -2.25. The van der Waals surface area contributed by atoms with E-state index in [4.69, 9.17) is 4.42 Å². The van der Waals surface area contributed by atoms with Gasteiger partial charge in [-0.25, -0.2) is 9.59 Å². The van der Waals surface area contributed by atoms with Gasteiger partial charge in [-0.2, -0.15) is 13.2 Å². The Kier molecular flexibility index (Phi) is 4.99. The number of fused-ring (bicyclic) bond motifs is 1. The standard InChI is InChI=1S/C18H12F3NO5S/c1-22(15(23)9-3-5-10(6-4-9)18(19,20)21)14-8-12-13(28-14)7-11(16(24)26-2)17(25)27-12/h3-8H,1-2H3. The van der Waals surface area contributed by atoms with Crippen LogP contribution in [0.25, 0.3) is 10.3 Å². The predicted octanol–water partition coefficient (Wildman–Crippen LogP) is 3.94. The number of ether oxygens (including phenoxy) is 1. The second kappa shape index (κ2) is 7.12. The normalized spacial score (nSPS) is 11.5. The number of thiophene rings is 1. The van der Waals surface area contributed by atoms with Gasteiger partial charge in [0.05, 0.1) is 17.4 Å². The molecule has 10 heteroatoms. The van der Waals surface area contributed by atoms with E-state index >= 15 is 0 Å². The highest BCUT2D eigenvalue weighted by Crippen LogP contribution is 2.33. The second-order valence-electron chi connectivity index (χ2n) is 5.69. The third-order valence-electron chi connectivity index (χ3n) is 3.91. The molecule has 0 N–H and O–H groups in total. The number of methoxy groups -OCH3 is 1. The van der Waals surface area contributed by atoms with E-state index in [1.807, 2.05) is 0 Å². The van der Waals surface area contributed by atoms with Crippen LogP contribution in [0.5, 0.6) is 0 Å². The number of esters is 1. The summed E-state index contributed by atoms with van der Waals surface area (Å²) in [4.78, 5) is 37.2. The van der Waals surface area contributed by atoms with Crippen molar-refractivity contribution in [3.05, 3.63) is 63.5 Å². The monoisotopic (exact) mass is 411 g/mol. The van der Waals surface area contributed by atoms with Gasteiger partial charge >= 0.3 is 17.8 Å². The molecule has 0 saturated carbocycles. The molecule has 0 unspecified atom stereocenters. The summed E-state index contributed by atoms with van der Waals surface area (Å²) in [6, 6.07) is 6.57. The number of hydrogen-bond acceptors (Lipinski definition) is 6. The van der Waals surface area contributed by atoms with Crippen molar-refractivity contribution in [2.45, 2.75) is 6.18 Å². The lowest BCUT2D eigenvalue weighted by atomic mass is 10.1. The number of halogens is 3. The largest absolute Gasteiger partial charge is 0.465 e. The number of carbonyl (C=O) groups is 2. The van der Waals surface area contributed by atoms with Crippen LogP contribution in [0.1, 0.15) is 26.3 Å². The van der Waals surface area contributed by atoms with Crippen LogP contribution < -0.4 is 10.5 Å². The molecule has 0 aliphatic heterocycles. The van der Waals surface area contributed by atoms with Gasteiger partial charge in [0.1, 0.15) is 10.6 Å². The highest BCUT2D eigenvalue weighted by atomic mass is 32.1. The third kappa shape index (κ3) is 3.63. The molecule has 0 fully saturated rings. The maximum atomic E-state index is 12.6. The summed E-state index contributed by atoms with van der Waals surface area (Å²) in [5, 5.41) is 0.380. The molecule has 0 aliphatic carbocycles. The van der Waals surface area contributed by atoms with Crippen LogP contribution in [0.4, 0.5) is 18.2 Å². The highest BCUT2D eigenvalue weighted by Gasteiger charge is 2.30. The fourth-order valence-corrected chi connectivity index (χ4v) is 3.40. The Labute approximate surface area is 159 Å². The van der Waals surface area contributed by atoms with Crippen LogP contribution in [0.2, 0.25) is 0 Å². The molecule has 0 saturated heterocycles. The van der Waals surface area contributed by atoms with E-state index in [1.54, 1.807) is 0 Å². The molecule has 0 bridgehead atoms. The average molecular weight is 411 g/mol.